The van der Waals surface area contributed by atoms with E-state index in [1.165, 1.54) is 11.6 Å². The molecule has 0 aliphatic heterocycles. The highest BCUT2D eigenvalue weighted by Gasteiger charge is 2.22. The molecular formula is C16H12ClN3O2. The van der Waals surface area contributed by atoms with Gasteiger partial charge in [0.25, 0.3) is 5.91 Å². The maximum Gasteiger partial charge on any atom is 0.269 e. The number of carbonyl (C=O) groups excluding carboxylic acids is 2. The fourth-order valence-corrected chi connectivity index (χ4v) is 2.70. The molecule has 3 aromatic rings. The fraction of sp³-hybridized carbons (Fsp3) is 0.0625. The van der Waals surface area contributed by atoms with Gasteiger partial charge in [-0.1, -0.05) is 48.0 Å². The van der Waals surface area contributed by atoms with E-state index < -0.39 is 5.91 Å². The second-order valence-electron chi connectivity index (χ2n) is 4.83. The van der Waals surface area contributed by atoms with Crippen molar-refractivity contribution in [3.8, 4) is 11.1 Å². The molecule has 1 amide bonds. The number of hydrogen-bond donors (Lipinski definition) is 1. The Kier molecular flexibility index (Phi) is 3.42. The number of primary amides is 1. The van der Waals surface area contributed by atoms with E-state index in [4.69, 9.17) is 17.3 Å². The van der Waals surface area contributed by atoms with E-state index in [-0.39, 0.29) is 11.6 Å². The maximum atomic E-state index is 11.9. The highest BCUT2D eigenvalue weighted by Crippen LogP contribution is 2.35. The Labute approximate surface area is 131 Å². The van der Waals surface area contributed by atoms with E-state index in [0.717, 1.165) is 11.1 Å². The molecule has 6 heteroatoms. The van der Waals surface area contributed by atoms with Gasteiger partial charge in [-0.15, -0.1) is 0 Å². The Morgan fingerprint density at radius 1 is 1.14 bits per heavy atom. The third-order valence-corrected chi connectivity index (χ3v) is 3.71. The van der Waals surface area contributed by atoms with Gasteiger partial charge in [-0.05, 0) is 11.6 Å². The molecule has 0 saturated carbocycles. The standard InChI is InChI=1S/C16H12ClN3O2/c1-9(21)20-15-11(10-5-3-2-4-6-10)7-8-12(17)13(15)14(19-20)16(18)22/h2-8H,1H3,(H2,18,22). The first-order valence-electron chi connectivity index (χ1n) is 6.58. The summed E-state index contributed by atoms with van der Waals surface area (Å²) in [4.78, 5) is 23.5. The Morgan fingerprint density at radius 2 is 1.82 bits per heavy atom. The van der Waals surface area contributed by atoms with Gasteiger partial charge in [0.1, 0.15) is 0 Å². The predicted molar refractivity (Wildman–Crippen MR) is 85.0 cm³/mol. The summed E-state index contributed by atoms with van der Waals surface area (Å²) in [7, 11) is 0. The summed E-state index contributed by atoms with van der Waals surface area (Å²) in [5.41, 5.74) is 7.50. The molecule has 0 unspecified atom stereocenters. The molecule has 0 saturated heterocycles. The lowest BCUT2D eigenvalue weighted by Gasteiger charge is -2.07. The van der Waals surface area contributed by atoms with E-state index >= 15 is 0 Å². The van der Waals surface area contributed by atoms with Crippen LogP contribution in [0.15, 0.2) is 42.5 Å². The zero-order valence-electron chi connectivity index (χ0n) is 11.7. The van der Waals surface area contributed by atoms with Crippen LogP contribution in [-0.4, -0.2) is 21.6 Å². The Morgan fingerprint density at radius 3 is 2.41 bits per heavy atom. The van der Waals surface area contributed by atoms with Gasteiger partial charge in [-0.25, -0.2) is 0 Å². The number of amides is 1. The van der Waals surface area contributed by atoms with Gasteiger partial charge < -0.3 is 5.73 Å². The average molecular weight is 314 g/mol. The number of fused-ring (bicyclic) bond motifs is 1. The monoisotopic (exact) mass is 313 g/mol. The van der Waals surface area contributed by atoms with Gasteiger partial charge in [0.2, 0.25) is 5.91 Å². The van der Waals surface area contributed by atoms with Crippen molar-refractivity contribution in [1.82, 2.24) is 9.78 Å². The number of benzene rings is 2. The minimum absolute atomic E-state index is 0.00650. The van der Waals surface area contributed by atoms with Crippen molar-refractivity contribution in [3.05, 3.63) is 53.2 Å². The van der Waals surface area contributed by atoms with Crippen LogP contribution in [0.5, 0.6) is 0 Å². The molecule has 1 heterocycles. The molecule has 0 atom stereocenters. The minimum Gasteiger partial charge on any atom is -0.364 e. The molecule has 3 rings (SSSR count). The summed E-state index contributed by atoms with van der Waals surface area (Å²) in [5, 5.41) is 4.77. The van der Waals surface area contributed by atoms with Crippen LogP contribution in [-0.2, 0) is 0 Å². The van der Waals surface area contributed by atoms with Crippen LogP contribution < -0.4 is 5.73 Å². The lowest BCUT2D eigenvalue weighted by Crippen LogP contribution is -2.14. The summed E-state index contributed by atoms with van der Waals surface area (Å²) < 4.78 is 1.17. The second-order valence-corrected chi connectivity index (χ2v) is 5.24. The van der Waals surface area contributed by atoms with E-state index in [1.54, 1.807) is 12.1 Å². The molecule has 0 aliphatic carbocycles. The van der Waals surface area contributed by atoms with Gasteiger partial charge in [0.15, 0.2) is 5.69 Å². The van der Waals surface area contributed by atoms with Crippen molar-refractivity contribution >= 4 is 34.3 Å². The van der Waals surface area contributed by atoms with Crippen LogP contribution in [0.3, 0.4) is 0 Å². The van der Waals surface area contributed by atoms with Crippen molar-refractivity contribution in [1.29, 1.82) is 0 Å². The molecule has 5 nitrogen and oxygen atoms in total. The molecule has 0 radical (unpaired) electrons. The van der Waals surface area contributed by atoms with Gasteiger partial charge >= 0.3 is 0 Å². The van der Waals surface area contributed by atoms with Crippen molar-refractivity contribution in [2.75, 3.05) is 0 Å². The molecule has 0 fully saturated rings. The van der Waals surface area contributed by atoms with Crippen LogP contribution in [0, 0.1) is 0 Å². The fourth-order valence-electron chi connectivity index (χ4n) is 2.46. The summed E-state index contributed by atoms with van der Waals surface area (Å²) in [6.07, 6.45) is 0. The average Bonchev–Trinajstić information content (AvgIpc) is 2.90. The van der Waals surface area contributed by atoms with Crippen molar-refractivity contribution in [2.24, 2.45) is 5.73 Å². The first kappa shape index (κ1) is 14.3. The summed E-state index contributed by atoms with van der Waals surface area (Å²) in [6, 6.07) is 13.0. The third-order valence-electron chi connectivity index (χ3n) is 3.39. The van der Waals surface area contributed by atoms with Gasteiger partial charge in [-0.2, -0.15) is 9.78 Å². The zero-order chi connectivity index (χ0) is 15.9. The number of aromatic nitrogens is 2. The Bertz CT molecular complexity index is 901. The molecule has 2 aromatic carbocycles. The van der Waals surface area contributed by atoms with E-state index in [2.05, 4.69) is 5.10 Å². The van der Waals surface area contributed by atoms with Crippen LogP contribution in [0.4, 0.5) is 0 Å². The molecule has 110 valence electrons. The van der Waals surface area contributed by atoms with Gasteiger partial charge in [0, 0.05) is 12.5 Å². The third kappa shape index (κ3) is 2.16. The molecular weight excluding hydrogens is 302 g/mol. The zero-order valence-corrected chi connectivity index (χ0v) is 12.5. The topological polar surface area (TPSA) is 78.0 Å². The van der Waals surface area contributed by atoms with Crippen molar-refractivity contribution in [2.45, 2.75) is 6.92 Å². The number of halogens is 1. The molecule has 0 bridgehead atoms. The van der Waals surface area contributed by atoms with Crippen LogP contribution in [0.25, 0.3) is 22.0 Å². The largest absolute Gasteiger partial charge is 0.364 e. The lowest BCUT2D eigenvalue weighted by molar-refractivity contribution is 0.0925. The van der Waals surface area contributed by atoms with E-state index in [1.807, 2.05) is 30.3 Å². The smallest absolute Gasteiger partial charge is 0.269 e. The summed E-state index contributed by atoms with van der Waals surface area (Å²) in [5.74, 6) is -1.05. The number of hydrogen-bond acceptors (Lipinski definition) is 3. The number of nitrogens with two attached hydrogens (primary N) is 1. The van der Waals surface area contributed by atoms with Crippen molar-refractivity contribution in [3.63, 3.8) is 0 Å². The minimum atomic E-state index is -0.725. The number of rotatable bonds is 2. The molecule has 0 spiro atoms. The lowest BCUT2D eigenvalue weighted by atomic mass is 10.0. The van der Waals surface area contributed by atoms with E-state index in [9.17, 15) is 9.59 Å². The SMILES string of the molecule is CC(=O)n1nc(C(N)=O)c2c(Cl)ccc(-c3ccccc3)c21. The number of carbonyl (C=O) groups is 2. The maximum absolute atomic E-state index is 11.9. The predicted octanol–water partition coefficient (Wildman–Crippen LogP) is 3.12. The molecule has 2 N–H and O–H groups in total. The van der Waals surface area contributed by atoms with Crippen LogP contribution >= 0.6 is 11.6 Å². The van der Waals surface area contributed by atoms with Crippen LogP contribution in [0.1, 0.15) is 22.2 Å². The number of nitrogens with zero attached hydrogens (tertiary/aromatic N) is 2. The highest BCUT2D eigenvalue weighted by atomic mass is 35.5. The molecule has 22 heavy (non-hydrogen) atoms. The summed E-state index contributed by atoms with van der Waals surface area (Å²) in [6.45, 7) is 1.37. The second kappa shape index (κ2) is 5.27. The Hall–Kier alpha value is -2.66. The van der Waals surface area contributed by atoms with Gasteiger partial charge in [0.05, 0.1) is 15.9 Å². The normalized spacial score (nSPS) is 10.8. The Balaban J connectivity index is 2.48. The van der Waals surface area contributed by atoms with Crippen LogP contribution in [0.2, 0.25) is 5.02 Å². The molecule has 0 aliphatic rings. The van der Waals surface area contributed by atoms with E-state index in [0.29, 0.717) is 15.9 Å². The first-order valence-corrected chi connectivity index (χ1v) is 6.96. The first-order chi connectivity index (χ1) is 10.5. The summed E-state index contributed by atoms with van der Waals surface area (Å²) >= 11 is 6.21. The molecule has 1 aromatic heterocycles. The van der Waals surface area contributed by atoms with Crippen molar-refractivity contribution < 1.29 is 9.59 Å². The quantitative estimate of drug-likeness (QED) is 0.789. The highest BCUT2D eigenvalue weighted by molar-refractivity contribution is 6.37. The van der Waals surface area contributed by atoms with Gasteiger partial charge in [-0.3, -0.25) is 9.59 Å².